The first-order valence-electron chi connectivity index (χ1n) is 6.77. The van der Waals surface area contributed by atoms with Crippen LogP contribution in [0.1, 0.15) is 27.7 Å². The molecule has 0 bridgehead atoms. The summed E-state index contributed by atoms with van der Waals surface area (Å²) in [7, 11) is 0. The molecule has 1 atom stereocenters. The highest BCUT2D eigenvalue weighted by Crippen LogP contribution is 2.22. The molecule has 0 saturated carbocycles. The molecule has 1 heterocycles. The lowest BCUT2D eigenvalue weighted by atomic mass is 10.1. The lowest BCUT2D eigenvalue weighted by molar-refractivity contribution is 0.0930. The van der Waals surface area contributed by atoms with E-state index in [-0.39, 0.29) is 21.8 Å². The molecule has 1 aromatic carbocycles. The van der Waals surface area contributed by atoms with Crippen LogP contribution >= 0.6 is 23.1 Å². The first-order chi connectivity index (χ1) is 10.4. The van der Waals surface area contributed by atoms with E-state index < -0.39 is 5.56 Å². The largest absolute Gasteiger partial charge is 0.491 e. The van der Waals surface area contributed by atoms with Crippen LogP contribution in [0, 0.1) is 13.8 Å². The molecule has 118 valence electrons. The highest BCUT2D eigenvalue weighted by molar-refractivity contribution is 7.08. The first kappa shape index (κ1) is 16.6. The van der Waals surface area contributed by atoms with Crippen LogP contribution in [0.3, 0.4) is 0 Å². The van der Waals surface area contributed by atoms with Crippen molar-refractivity contribution in [3.63, 3.8) is 0 Å². The Balaban J connectivity index is 1.96. The Hall–Kier alpha value is -1.79. The Morgan fingerprint density at radius 3 is 2.59 bits per heavy atom. The van der Waals surface area contributed by atoms with Crippen molar-refractivity contribution in [2.75, 3.05) is 6.61 Å². The zero-order valence-corrected chi connectivity index (χ0v) is 14.1. The molecular weight excluding hydrogens is 324 g/mol. The van der Waals surface area contributed by atoms with Gasteiger partial charge in [0.1, 0.15) is 22.3 Å². The second kappa shape index (κ2) is 6.98. The number of hydrogen-bond acceptors (Lipinski definition) is 4. The third kappa shape index (κ3) is 3.69. The quantitative estimate of drug-likeness (QED) is 0.879. The summed E-state index contributed by atoms with van der Waals surface area (Å²) in [5.41, 5.74) is 1.65. The normalized spacial score (nSPS) is 12.0. The Morgan fingerprint density at radius 2 is 2.05 bits per heavy atom. The van der Waals surface area contributed by atoms with E-state index in [1.165, 1.54) is 0 Å². The second-order valence-corrected chi connectivity index (χ2v) is 6.28. The van der Waals surface area contributed by atoms with Gasteiger partial charge in [0, 0.05) is 0 Å². The third-order valence-electron chi connectivity index (χ3n) is 3.11. The van der Waals surface area contributed by atoms with Gasteiger partial charge in [-0.2, -0.15) is 0 Å². The fourth-order valence-electron chi connectivity index (χ4n) is 2.00. The number of nitrogens with one attached hydrogen (secondary N) is 2. The summed E-state index contributed by atoms with van der Waals surface area (Å²) in [6.07, 6.45) is 0. The van der Waals surface area contributed by atoms with Gasteiger partial charge in [-0.3, -0.25) is 14.0 Å². The zero-order valence-electron chi connectivity index (χ0n) is 12.5. The van der Waals surface area contributed by atoms with Gasteiger partial charge in [0.05, 0.1) is 6.04 Å². The number of H-pyrrole nitrogens is 1. The van der Waals surface area contributed by atoms with E-state index in [9.17, 15) is 9.59 Å². The van der Waals surface area contributed by atoms with Gasteiger partial charge < -0.3 is 10.1 Å². The van der Waals surface area contributed by atoms with Crippen LogP contribution in [0.2, 0.25) is 5.02 Å². The molecule has 0 aliphatic rings. The SMILES string of the molecule is Cc1cccc(C)c1OCC(C)NC(=O)c1s[nH]c(=O)c1Cl. The number of carbonyl (C=O) groups is 1. The standard InChI is InChI=1S/C15H17ClN2O3S/c1-8-5-4-6-9(2)12(8)21-7-10(3)17-15(20)13-11(16)14(19)18-22-13/h4-6,10H,7H2,1-3H3,(H,17,20)(H,18,19). The number of ether oxygens (including phenoxy) is 1. The topological polar surface area (TPSA) is 71.2 Å². The van der Waals surface area contributed by atoms with Crippen LogP contribution in [-0.2, 0) is 0 Å². The lowest BCUT2D eigenvalue weighted by Crippen LogP contribution is -2.36. The molecule has 1 aromatic heterocycles. The van der Waals surface area contributed by atoms with E-state index in [0.717, 1.165) is 28.4 Å². The van der Waals surface area contributed by atoms with Crippen molar-refractivity contribution in [3.05, 3.63) is 49.6 Å². The van der Waals surface area contributed by atoms with E-state index in [4.69, 9.17) is 16.3 Å². The number of hydrogen-bond donors (Lipinski definition) is 2. The number of amides is 1. The van der Waals surface area contributed by atoms with Gasteiger partial charge in [0.15, 0.2) is 0 Å². The molecule has 0 fully saturated rings. The van der Waals surface area contributed by atoms with Gasteiger partial charge in [-0.05, 0) is 31.9 Å². The van der Waals surface area contributed by atoms with Crippen molar-refractivity contribution < 1.29 is 9.53 Å². The van der Waals surface area contributed by atoms with Crippen molar-refractivity contribution in [3.8, 4) is 5.75 Å². The minimum absolute atomic E-state index is 0.0784. The van der Waals surface area contributed by atoms with Crippen molar-refractivity contribution in [1.29, 1.82) is 0 Å². The van der Waals surface area contributed by atoms with Crippen molar-refractivity contribution in [1.82, 2.24) is 9.69 Å². The molecule has 0 saturated heterocycles. The Bertz CT molecular complexity index is 718. The molecule has 1 amide bonds. The van der Waals surface area contributed by atoms with Crippen molar-refractivity contribution in [2.45, 2.75) is 26.8 Å². The molecule has 5 nitrogen and oxygen atoms in total. The molecule has 2 rings (SSSR count). The maximum Gasteiger partial charge on any atom is 0.277 e. The Kier molecular flexibility index (Phi) is 5.26. The molecule has 2 aromatic rings. The average Bonchev–Trinajstić information content (AvgIpc) is 2.78. The van der Waals surface area contributed by atoms with Crippen LogP contribution in [0.5, 0.6) is 5.75 Å². The Labute approximate surface area is 137 Å². The van der Waals surface area contributed by atoms with Gasteiger partial charge >= 0.3 is 0 Å². The second-order valence-electron chi connectivity index (χ2n) is 5.08. The molecule has 0 radical (unpaired) electrons. The van der Waals surface area contributed by atoms with Crippen LogP contribution < -0.4 is 15.6 Å². The predicted molar refractivity (Wildman–Crippen MR) is 88.3 cm³/mol. The molecule has 0 aliphatic heterocycles. The summed E-state index contributed by atoms with van der Waals surface area (Å²) >= 11 is 6.70. The molecule has 1 unspecified atom stereocenters. The fraction of sp³-hybridized carbons (Fsp3) is 0.333. The zero-order chi connectivity index (χ0) is 16.3. The number of para-hydroxylation sites is 1. The monoisotopic (exact) mass is 340 g/mol. The van der Waals surface area contributed by atoms with Crippen LogP contribution in [0.25, 0.3) is 0 Å². The lowest BCUT2D eigenvalue weighted by Gasteiger charge is -2.17. The fourth-order valence-corrected chi connectivity index (χ4v) is 2.94. The molecule has 22 heavy (non-hydrogen) atoms. The maximum atomic E-state index is 12.0. The number of aryl methyl sites for hydroxylation is 2. The number of carbonyl (C=O) groups excluding carboxylic acids is 1. The van der Waals surface area contributed by atoms with Gasteiger partial charge in [0.2, 0.25) is 0 Å². The molecule has 0 aliphatic carbocycles. The molecule has 0 spiro atoms. The summed E-state index contributed by atoms with van der Waals surface area (Å²) in [5, 5.41) is 2.68. The summed E-state index contributed by atoms with van der Waals surface area (Å²) in [6.45, 7) is 6.11. The van der Waals surface area contributed by atoms with Gasteiger partial charge in [-0.1, -0.05) is 41.3 Å². The van der Waals surface area contributed by atoms with Crippen LogP contribution in [0.4, 0.5) is 0 Å². The third-order valence-corrected chi connectivity index (χ3v) is 4.47. The van der Waals surface area contributed by atoms with E-state index in [1.807, 2.05) is 39.0 Å². The van der Waals surface area contributed by atoms with E-state index in [1.54, 1.807) is 0 Å². The van der Waals surface area contributed by atoms with E-state index in [2.05, 4.69) is 9.69 Å². The minimum atomic E-state index is -0.448. The highest BCUT2D eigenvalue weighted by Gasteiger charge is 2.18. The smallest absolute Gasteiger partial charge is 0.277 e. The van der Waals surface area contributed by atoms with Crippen LogP contribution in [0.15, 0.2) is 23.0 Å². The number of aromatic amines is 1. The number of aromatic nitrogens is 1. The van der Waals surface area contributed by atoms with E-state index in [0.29, 0.717) is 6.61 Å². The summed E-state index contributed by atoms with van der Waals surface area (Å²) in [6, 6.07) is 5.70. The van der Waals surface area contributed by atoms with E-state index >= 15 is 0 Å². The summed E-state index contributed by atoms with van der Waals surface area (Å²) in [4.78, 5) is 23.5. The predicted octanol–water partition coefficient (Wildman–Crippen LogP) is 2.90. The highest BCUT2D eigenvalue weighted by atomic mass is 35.5. The Morgan fingerprint density at radius 1 is 1.41 bits per heavy atom. The minimum Gasteiger partial charge on any atom is -0.491 e. The van der Waals surface area contributed by atoms with Crippen LogP contribution in [-0.4, -0.2) is 22.9 Å². The summed E-state index contributed by atoms with van der Waals surface area (Å²) < 4.78 is 8.21. The average molecular weight is 341 g/mol. The molecule has 2 N–H and O–H groups in total. The maximum absolute atomic E-state index is 12.0. The van der Waals surface area contributed by atoms with Gasteiger partial charge in [-0.15, -0.1) is 0 Å². The number of halogens is 1. The molecular formula is C15H17ClN2O3S. The van der Waals surface area contributed by atoms with Gasteiger partial charge in [0.25, 0.3) is 11.5 Å². The summed E-state index contributed by atoms with van der Waals surface area (Å²) in [5.74, 6) is 0.443. The first-order valence-corrected chi connectivity index (χ1v) is 7.96. The molecule has 7 heteroatoms. The van der Waals surface area contributed by atoms with Gasteiger partial charge in [-0.25, -0.2) is 0 Å². The van der Waals surface area contributed by atoms with Crippen molar-refractivity contribution in [2.24, 2.45) is 0 Å². The number of benzene rings is 1. The van der Waals surface area contributed by atoms with Crippen molar-refractivity contribution >= 4 is 29.0 Å². The number of rotatable bonds is 5.